The van der Waals surface area contributed by atoms with Gasteiger partial charge in [-0.1, -0.05) is 17.7 Å². The van der Waals surface area contributed by atoms with Crippen molar-refractivity contribution in [2.75, 3.05) is 5.75 Å². The SMILES string of the molecule is O=C(CCCS(=O)c1ccc(F)c(Cl)c1)c1cccs1. The van der Waals surface area contributed by atoms with E-state index in [4.69, 9.17) is 11.6 Å². The number of halogens is 2. The van der Waals surface area contributed by atoms with Gasteiger partial charge in [0.1, 0.15) is 5.82 Å². The van der Waals surface area contributed by atoms with Gasteiger partial charge in [-0.3, -0.25) is 9.00 Å². The summed E-state index contributed by atoms with van der Waals surface area (Å²) in [6.07, 6.45) is 0.888. The summed E-state index contributed by atoms with van der Waals surface area (Å²) in [5, 5.41) is 1.82. The van der Waals surface area contributed by atoms with Crippen molar-refractivity contribution in [2.24, 2.45) is 0 Å². The van der Waals surface area contributed by atoms with Crippen LogP contribution in [-0.4, -0.2) is 15.7 Å². The summed E-state index contributed by atoms with van der Waals surface area (Å²) in [7, 11) is -1.27. The molecule has 0 aliphatic rings. The highest BCUT2D eigenvalue weighted by atomic mass is 35.5. The summed E-state index contributed by atoms with van der Waals surface area (Å²) < 4.78 is 25.0. The lowest BCUT2D eigenvalue weighted by molar-refractivity contribution is 0.0986. The van der Waals surface area contributed by atoms with Crippen molar-refractivity contribution in [3.8, 4) is 0 Å². The maximum atomic E-state index is 13.0. The molecule has 0 fully saturated rings. The highest BCUT2D eigenvalue weighted by molar-refractivity contribution is 7.85. The molecule has 6 heteroatoms. The summed E-state index contributed by atoms with van der Waals surface area (Å²) in [6.45, 7) is 0. The Morgan fingerprint density at radius 1 is 1.35 bits per heavy atom. The number of carbonyl (C=O) groups is 1. The zero-order valence-electron chi connectivity index (χ0n) is 10.5. The second-order valence-corrected chi connectivity index (χ2v) is 7.06. The number of thiophene rings is 1. The molecule has 0 radical (unpaired) electrons. The van der Waals surface area contributed by atoms with Crippen LogP contribution in [0.15, 0.2) is 40.6 Å². The Kier molecular flexibility index (Phi) is 5.46. The van der Waals surface area contributed by atoms with Crippen molar-refractivity contribution in [3.05, 3.63) is 51.4 Å². The molecule has 0 saturated heterocycles. The molecule has 1 aromatic heterocycles. The molecule has 1 aromatic carbocycles. The van der Waals surface area contributed by atoms with Gasteiger partial charge in [0.05, 0.1) is 20.7 Å². The Hall–Kier alpha value is -1.04. The van der Waals surface area contributed by atoms with Crippen molar-refractivity contribution < 1.29 is 13.4 Å². The molecule has 2 nitrogen and oxygen atoms in total. The smallest absolute Gasteiger partial charge is 0.172 e. The number of hydrogen-bond acceptors (Lipinski definition) is 3. The first-order chi connectivity index (χ1) is 9.58. The number of benzene rings is 1. The van der Waals surface area contributed by atoms with E-state index in [1.54, 1.807) is 6.07 Å². The van der Waals surface area contributed by atoms with Crippen LogP contribution in [0, 0.1) is 5.82 Å². The van der Waals surface area contributed by atoms with E-state index in [2.05, 4.69) is 0 Å². The largest absolute Gasteiger partial charge is 0.293 e. The second kappa shape index (κ2) is 7.11. The van der Waals surface area contributed by atoms with Crippen LogP contribution in [0.2, 0.25) is 5.02 Å². The number of ketones is 1. The molecule has 106 valence electrons. The summed E-state index contributed by atoms with van der Waals surface area (Å²) in [6, 6.07) is 7.64. The molecule has 2 aromatic rings. The summed E-state index contributed by atoms with van der Waals surface area (Å²) in [5.41, 5.74) is 0. The normalized spacial score (nSPS) is 12.3. The maximum absolute atomic E-state index is 13.0. The molecule has 0 aliphatic carbocycles. The van der Waals surface area contributed by atoms with Crippen molar-refractivity contribution in [1.82, 2.24) is 0 Å². The third-order valence-electron chi connectivity index (χ3n) is 2.68. The predicted octanol–water partition coefficient (Wildman–Crippen LogP) is 4.31. The zero-order chi connectivity index (χ0) is 14.5. The van der Waals surface area contributed by atoms with Crippen LogP contribution in [0.1, 0.15) is 22.5 Å². The maximum Gasteiger partial charge on any atom is 0.172 e. The Bertz CT molecular complexity index is 626. The Balaban J connectivity index is 1.86. The fraction of sp³-hybridized carbons (Fsp3) is 0.214. The van der Waals surface area contributed by atoms with Gasteiger partial charge < -0.3 is 0 Å². The molecule has 20 heavy (non-hydrogen) atoms. The minimum atomic E-state index is -1.27. The third-order valence-corrected chi connectivity index (χ3v) is 5.32. The quantitative estimate of drug-likeness (QED) is 0.739. The number of rotatable bonds is 6. The van der Waals surface area contributed by atoms with Crippen LogP contribution in [0.3, 0.4) is 0 Å². The number of carbonyl (C=O) groups excluding carboxylic acids is 1. The van der Waals surface area contributed by atoms with Gasteiger partial charge in [-0.25, -0.2) is 4.39 Å². The van der Waals surface area contributed by atoms with Gasteiger partial charge >= 0.3 is 0 Å². The first-order valence-electron chi connectivity index (χ1n) is 5.98. The fourth-order valence-corrected chi connectivity index (χ4v) is 3.71. The van der Waals surface area contributed by atoms with Crippen molar-refractivity contribution >= 4 is 39.5 Å². The van der Waals surface area contributed by atoms with Gasteiger partial charge in [0, 0.05) is 17.1 Å². The minimum absolute atomic E-state index is 0.0366. The Labute approximate surface area is 128 Å². The molecule has 1 heterocycles. The van der Waals surface area contributed by atoms with E-state index in [0.29, 0.717) is 23.5 Å². The van der Waals surface area contributed by atoms with Crippen LogP contribution in [-0.2, 0) is 10.8 Å². The fourth-order valence-electron chi connectivity index (χ4n) is 1.66. The van der Waals surface area contributed by atoms with Crippen LogP contribution in [0.4, 0.5) is 4.39 Å². The first kappa shape index (κ1) is 15.4. The first-order valence-corrected chi connectivity index (χ1v) is 8.55. The van der Waals surface area contributed by atoms with Crippen LogP contribution in [0.5, 0.6) is 0 Å². The molecule has 0 spiro atoms. The van der Waals surface area contributed by atoms with E-state index in [1.807, 2.05) is 11.4 Å². The van der Waals surface area contributed by atoms with E-state index in [9.17, 15) is 13.4 Å². The summed E-state index contributed by atoms with van der Waals surface area (Å²) >= 11 is 7.05. The van der Waals surface area contributed by atoms with Gasteiger partial charge in [-0.2, -0.15) is 0 Å². The monoisotopic (exact) mass is 330 g/mol. The van der Waals surface area contributed by atoms with Crippen molar-refractivity contribution in [1.29, 1.82) is 0 Å². The standard InChI is InChI=1S/C14H12ClFO2S2/c15-11-9-10(5-6-12(11)16)20(18)8-2-3-13(17)14-4-1-7-19-14/h1,4-7,9H,2-3,8H2. The lowest BCUT2D eigenvalue weighted by atomic mass is 10.2. The molecule has 0 aliphatic heterocycles. The van der Waals surface area contributed by atoms with Gasteiger partial charge in [0.2, 0.25) is 0 Å². The van der Waals surface area contributed by atoms with E-state index >= 15 is 0 Å². The number of hydrogen-bond donors (Lipinski definition) is 0. The second-order valence-electron chi connectivity index (χ2n) is 4.13. The van der Waals surface area contributed by atoms with Gasteiger partial charge in [-0.15, -0.1) is 11.3 Å². The Morgan fingerprint density at radius 3 is 2.80 bits per heavy atom. The van der Waals surface area contributed by atoms with E-state index in [0.717, 1.165) is 4.88 Å². The highest BCUT2D eigenvalue weighted by Gasteiger charge is 2.10. The average Bonchev–Trinajstić information content (AvgIpc) is 2.95. The molecule has 1 atom stereocenters. The Morgan fingerprint density at radius 2 is 2.15 bits per heavy atom. The van der Waals surface area contributed by atoms with Gasteiger partial charge in [0.15, 0.2) is 5.78 Å². The molecular formula is C14H12ClFO2S2. The highest BCUT2D eigenvalue weighted by Crippen LogP contribution is 2.19. The van der Waals surface area contributed by atoms with Gasteiger partial charge in [-0.05, 0) is 36.1 Å². The molecular weight excluding hydrogens is 319 g/mol. The minimum Gasteiger partial charge on any atom is -0.293 e. The van der Waals surface area contributed by atoms with E-state index in [1.165, 1.54) is 29.5 Å². The summed E-state index contributed by atoms with van der Waals surface area (Å²) in [5.74, 6) is -0.103. The number of Topliss-reactive ketones (excluding diaryl/α,β-unsaturated/α-hetero) is 1. The molecule has 1 unspecified atom stereocenters. The molecule has 0 saturated carbocycles. The topological polar surface area (TPSA) is 34.1 Å². The molecule has 2 rings (SSSR count). The lowest BCUT2D eigenvalue weighted by Crippen LogP contribution is -2.03. The molecule has 0 bridgehead atoms. The van der Waals surface area contributed by atoms with Crippen molar-refractivity contribution in [3.63, 3.8) is 0 Å². The average molecular weight is 331 g/mol. The van der Waals surface area contributed by atoms with Crippen LogP contribution < -0.4 is 0 Å². The van der Waals surface area contributed by atoms with Crippen LogP contribution >= 0.6 is 22.9 Å². The van der Waals surface area contributed by atoms with Crippen LogP contribution in [0.25, 0.3) is 0 Å². The summed E-state index contributed by atoms with van der Waals surface area (Å²) in [4.78, 5) is 13.0. The van der Waals surface area contributed by atoms with E-state index in [-0.39, 0.29) is 10.8 Å². The molecule has 0 amide bonds. The lowest BCUT2D eigenvalue weighted by Gasteiger charge is -2.03. The van der Waals surface area contributed by atoms with Gasteiger partial charge in [0.25, 0.3) is 0 Å². The molecule has 0 N–H and O–H groups in total. The van der Waals surface area contributed by atoms with E-state index < -0.39 is 16.6 Å². The zero-order valence-corrected chi connectivity index (χ0v) is 12.9. The van der Waals surface area contributed by atoms with Crippen molar-refractivity contribution in [2.45, 2.75) is 17.7 Å². The predicted molar refractivity (Wildman–Crippen MR) is 80.6 cm³/mol. The third kappa shape index (κ3) is 3.98.